The monoisotopic (exact) mass is 452 g/mol. The maximum Gasteiger partial charge on any atom is 0.318 e. The molecule has 0 spiro atoms. The Kier molecular flexibility index (Phi) is 4.82. The van der Waals surface area contributed by atoms with Gasteiger partial charge in [-0.2, -0.15) is 0 Å². The van der Waals surface area contributed by atoms with Crippen molar-refractivity contribution in [1.82, 2.24) is 9.55 Å². The lowest BCUT2D eigenvalue weighted by Gasteiger charge is -2.31. The van der Waals surface area contributed by atoms with Crippen LogP contribution in [0.15, 0.2) is 36.8 Å². The Bertz CT molecular complexity index is 768. The molecule has 0 bridgehead atoms. The first-order valence-corrected chi connectivity index (χ1v) is 9.68. The van der Waals surface area contributed by atoms with Gasteiger partial charge in [-0.05, 0) is 43.6 Å². The van der Waals surface area contributed by atoms with Gasteiger partial charge >= 0.3 is 5.97 Å². The Balaban J connectivity index is 1.46. The summed E-state index contributed by atoms with van der Waals surface area (Å²) in [5.74, 6) is 0.118. The molecule has 1 saturated carbocycles. The van der Waals surface area contributed by atoms with Crippen LogP contribution in [0.5, 0.6) is 0 Å². The number of aliphatic hydroxyl groups is 1. The lowest BCUT2D eigenvalue weighted by Crippen LogP contribution is -2.30. The van der Waals surface area contributed by atoms with Crippen LogP contribution in [-0.4, -0.2) is 26.7 Å². The molecule has 6 heteroatoms. The molecule has 2 aliphatic rings. The number of carbonyl (C=O) groups is 1. The number of halogens is 1. The molecule has 2 unspecified atom stereocenters. The molecule has 0 amide bonds. The second kappa shape index (κ2) is 7.07. The maximum absolute atomic E-state index is 11.7. The Morgan fingerprint density at radius 3 is 2.84 bits per heavy atom. The molecule has 4 rings (SSSR count). The van der Waals surface area contributed by atoms with Gasteiger partial charge in [0.1, 0.15) is 0 Å². The third-order valence-electron chi connectivity index (χ3n) is 5.79. The van der Waals surface area contributed by atoms with Crippen LogP contribution >= 0.6 is 23.0 Å². The highest BCUT2D eigenvalue weighted by Gasteiger charge is 2.35. The number of hydrogen-bond donors (Lipinski definition) is 1. The van der Waals surface area contributed by atoms with E-state index in [9.17, 15) is 9.90 Å². The van der Waals surface area contributed by atoms with Gasteiger partial charge in [-0.25, -0.2) is 4.98 Å². The third kappa shape index (κ3) is 3.10. The van der Waals surface area contributed by atoms with Gasteiger partial charge in [0.05, 0.1) is 36.3 Å². The van der Waals surface area contributed by atoms with Gasteiger partial charge in [0.15, 0.2) is 23.0 Å². The molecule has 132 valence electrons. The highest BCUT2D eigenvalue weighted by atomic mass is 127. The molecule has 1 N–H and O–H groups in total. The summed E-state index contributed by atoms with van der Waals surface area (Å²) in [4.78, 5) is 15.9. The smallest absolute Gasteiger partial charge is 0.318 e. The summed E-state index contributed by atoms with van der Waals surface area (Å²) < 4.78 is 6.99. The number of imidazole rings is 1. The van der Waals surface area contributed by atoms with E-state index in [0.717, 1.165) is 31.4 Å². The summed E-state index contributed by atoms with van der Waals surface area (Å²) in [6.45, 7) is 0. The lowest BCUT2D eigenvalue weighted by atomic mass is 9.78. The number of aromatic nitrogens is 2. The molecule has 1 fully saturated rings. The predicted octanol–water partition coefficient (Wildman–Crippen LogP) is 3.90. The van der Waals surface area contributed by atoms with Crippen molar-refractivity contribution in [1.29, 1.82) is 0 Å². The van der Waals surface area contributed by atoms with Crippen LogP contribution in [0.25, 0.3) is 11.3 Å². The molecule has 2 atom stereocenters. The van der Waals surface area contributed by atoms with Gasteiger partial charge < -0.3 is 12.7 Å². The summed E-state index contributed by atoms with van der Waals surface area (Å²) in [6.07, 6.45) is 7.44. The Morgan fingerprint density at radius 2 is 2.08 bits per heavy atom. The normalized spacial score (nSPS) is 25.9. The minimum Gasteiger partial charge on any atom is -0.394 e. The summed E-state index contributed by atoms with van der Waals surface area (Å²) in [5, 5.41) is 10.9. The SMILES string of the molecule is O=C(OI)[C@H]1CC[C@H](C(O)CC2c3ccccc3-c3cncn32)CC1. The van der Waals surface area contributed by atoms with Crippen molar-refractivity contribution in [3.05, 3.63) is 42.4 Å². The molecule has 1 aliphatic carbocycles. The van der Waals surface area contributed by atoms with Crippen molar-refractivity contribution >= 4 is 29.0 Å². The number of carbonyl (C=O) groups excluding carboxylic acids is 1. The summed E-state index contributed by atoms with van der Waals surface area (Å²) in [6, 6.07) is 8.51. The van der Waals surface area contributed by atoms with E-state index < -0.39 is 0 Å². The van der Waals surface area contributed by atoms with Gasteiger partial charge in [0.25, 0.3) is 0 Å². The minimum atomic E-state index is -0.372. The average molecular weight is 452 g/mol. The molecule has 1 aromatic carbocycles. The first-order chi connectivity index (χ1) is 12.2. The number of nitrogens with zero attached hydrogens (tertiary/aromatic N) is 2. The molecule has 25 heavy (non-hydrogen) atoms. The van der Waals surface area contributed by atoms with Crippen molar-refractivity contribution in [2.75, 3.05) is 0 Å². The number of rotatable bonds is 4. The van der Waals surface area contributed by atoms with E-state index >= 15 is 0 Å². The number of hydrogen-bond acceptors (Lipinski definition) is 4. The second-order valence-corrected chi connectivity index (χ2v) is 7.54. The van der Waals surface area contributed by atoms with E-state index in [1.165, 1.54) is 11.1 Å². The van der Waals surface area contributed by atoms with E-state index in [4.69, 9.17) is 3.07 Å². The van der Waals surface area contributed by atoms with Gasteiger partial charge in [-0.3, -0.25) is 4.79 Å². The van der Waals surface area contributed by atoms with Gasteiger partial charge in [-0.15, -0.1) is 0 Å². The van der Waals surface area contributed by atoms with Crippen LogP contribution in [0.2, 0.25) is 0 Å². The molecule has 2 heterocycles. The van der Waals surface area contributed by atoms with Crippen molar-refractivity contribution in [2.45, 2.75) is 44.2 Å². The van der Waals surface area contributed by atoms with Crippen molar-refractivity contribution in [3.8, 4) is 11.3 Å². The highest BCUT2D eigenvalue weighted by molar-refractivity contribution is 14.1. The van der Waals surface area contributed by atoms with Crippen LogP contribution in [0.3, 0.4) is 0 Å². The quantitative estimate of drug-likeness (QED) is 0.715. The third-order valence-corrected chi connectivity index (χ3v) is 6.22. The molecular formula is C19H21IN2O3. The first-order valence-electron chi connectivity index (χ1n) is 8.80. The Morgan fingerprint density at radius 1 is 1.32 bits per heavy atom. The lowest BCUT2D eigenvalue weighted by molar-refractivity contribution is -0.137. The van der Waals surface area contributed by atoms with Crippen LogP contribution in [-0.2, 0) is 7.86 Å². The van der Waals surface area contributed by atoms with Crippen LogP contribution in [0.4, 0.5) is 0 Å². The van der Waals surface area contributed by atoms with Crippen LogP contribution < -0.4 is 0 Å². The van der Waals surface area contributed by atoms with Crippen molar-refractivity contribution < 1.29 is 13.0 Å². The standard InChI is InChI=1S/C19H21IN2O3/c20-25-19(24)13-7-5-12(6-8-13)18(23)9-16-14-3-1-2-4-15(14)17-10-21-11-22(16)17/h1-4,10-13,16,18,23H,5-9H2/t12-,13-,16?,18?. The van der Waals surface area contributed by atoms with Gasteiger partial charge in [0.2, 0.25) is 0 Å². The minimum absolute atomic E-state index is 0.00666. The summed E-state index contributed by atoms with van der Waals surface area (Å²) in [5.41, 5.74) is 3.60. The number of benzene rings is 1. The molecule has 0 radical (unpaired) electrons. The van der Waals surface area contributed by atoms with E-state index in [0.29, 0.717) is 6.42 Å². The Labute approximate surface area is 161 Å². The van der Waals surface area contributed by atoms with E-state index in [-0.39, 0.29) is 30.0 Å². The largest absolute Gasteiger partial charge is 0.394 e. The van der Waals surface area contributed by atoms with Crippen molar-refractivity contribution in [2.24, 2.45) is 11.8 Å². The molecular weight excluding hydrogens is 431 g/mol. The fourth-order valence-electron chi connectivity index (χ4n) is 4.40. The zero-order valence-electron chi connectivity index (χ0n) is 13.8. The molecule has 5 nitrogen and oxygen atoms in total. The molecule has 1 aromatic heterocycles. The fraction of sp³-hybridized carbons (Fsp3) is 0.474. The van der Waals surface area contributed by atoms with Gasteiger partial charge in [0, 0.05) is 5.56 Å². The molecule has 1 aliphatic heterocycles. The van der Waals surface area contributed by atoms with Crippen molar-refractivity contribution in [3.63, 3.8) is 0 Å². The second-order valence-electron chi connectivity index (χ2n) is 7.10. The van der Waals surface area contributed by atoms with E-state index in [1.807, 2.05) is 18.6 Å². The topological polar surface area (TPSA) is 64.3 Å². The molecule has 2 aromatic rings. The summed E-state index contributed by atoms with van der Waals surface area (Å²) in [7, 11) is 0. The van der Waals surface area contributed by atoms with Crippen LogP contribution in [0.1, 0.15) is 43.7 Å². The predicted molar refractivity (Wildman–Crippen MR) is 102 cm³/mol. The molecule has 0 saturated heterocycles. The van der Waals surface area contributed by atoms with E-state index in [1.54, 1.807) is 23.0 Å². The average Bonchev–Trinajstić information content (AvgIpc) is 3.24. The van der Waals surface area contributed by atoms with Crippen LogP contribution in [0, 0.1) is 11.8 Å². The maximum atomic E-state index is 11.7. The Hall–Kier alpha value is -1.41. The fourth-order valence-corrected chi connectivity index (χ4v) is 4.76. The zero-order chi connectivity index (χ0) is 17.4. The first kappa shape index (κ1) is 17.0. The highest BCUT2D eigenvalue weighted by Crippen LogP contribution is 2.43. The van der Waals surface area contributed by atoms with E-state index in [2.05, 4.69) is 27.8 Å². The van der Waals surface area contributed by atoms with Gasteiger partial charge in [-0.1, -0.05) is 24.3 Å². The number of fused-ring (bicyclic) bond motifs is 3. The zero-order valence-corrected chi connectivity index (χ0v) is 16.0. The summed E-state index contributed by atoms with van der Waals surface area (Å²) >= 11 is 1.66. The number of aliphatic hydroxyl groups excluding tert-OH is 1.